The number of rotatable bonds is 6. The lowest BCUT2D eigenvalue weighted by atomic mass is 10.2. The molecule has 4 N–H and O–H groups in total. The molecule has 8 heteroatoms. The molecule has 1 aromatic carbocycles. The van der Waals surface area contributed by atoms with E-state index in [4.69, 9.17) is 11.6 Å². The number of aryl methyl sites for hydroxylation is 1. The van der Waals surface area contributed by atoms with Crippen LogP contribution >= 0.6 is 11.6 Å². The van der Waals surface area contributed by atoms with Crippen molar-refractivity contribution in [3.05, 3.63) is 47.4 Å². The van der Waals surface area contributed by atoms with Gasteiger partial charge in [0.25, 0.3) is 0 Å². The average Bonchev–Trinajstić information content (AvgIpc) is 3.30. The summed E-state index contributed by atoms with van der Waals surface area (Å²) in [6.07, 6.45) is 8.28. The van der Waals surface area contributed by atoms with Gasteiger partial charge in [-0.3, -0.25) is 10.1 Å². The van der Waals surface area contributed by atoms with Crippen molar-refractivity contribution in [2.45, 2.75) is 38.6 Å². The zero-order valence-electron chi connectivity index (χ0n) is 15.1. The second-order valence-electron chi connectivity index (χ2n) is 6.80. The number of aromatic nitrogens is 4. The van der Waals surface area contributed by atoms with E-state index in [1.165, 1.54) is 25.7 Å². The fraction of sp³-hybridized carbons (Fsp3) is 0.316. The molecule has 1 fully saturated rings. The summed E-state index contributed by atoms with van der Waals surface area (Å²) in [6.45, 7) is 1.94. The number of benzene rings is 1. The lowest BCUT2D eigenvalue weighted by Gasteiger charge is -2.16. The van der Waals surface area contributed by atoms with Crippen LogP contribution in [0.5, 0.6) is 0 Å². The molecule has 0 bridgehead atoms. The molecule has 4 rings (SSSR count). The molecule has 0 saturated heterocycles. The minimum Gasteiger partial charge on any atom is -0.381 e. The topological polar surface area (TPSA) is 90.6 Å². The number of nitrogens with zero attached hydrogens (tertiary/aromatic N) is 3. The van der Waals surface area contributed by atoms with Crippen LogP contribution in [0, 0.1) is 6.92 Å². The van der Waals surface area contributed by atoms with E-state index in [0.717, 1.165) is 22.1 Å². The van der Waals surface area contributed by atoms with Crippen LogP contribution in [0.1, 0.15) is 31.4 Å². The standard InChI is InChI=1S/C19H22ClN7/c1-12-8-17(27-26-12)24-19-11-21-10-18(25-19)23-14-6-7-15(20)16(9-14)22-13-4-2-3-5-13/h6-11,13,22H,2-5H2,1H3,(H3,23,24,25,26,27). The summed E-state index contributed by atoms with van der Waals surface area (Å²) >= 11 is 6.36. The van der Waals surface area contributed by atoms with E-state index in [1.807, 2.05) is 31.2 Å². The van der Waals surface area contributed by atoms with Crippen molar-refractivity contribution >= 4 is 40.4 Å². The third kappa shape index (κ3) is 4.49. The minimum atomic E-state index is 0.502. The molecule has 1 aliphatic carbocycles. The SMILES string of the molecule is Cc1cc(Nc2cncc(Nc3ccc(Cl)c(NC4CCCC4)c3)n2)n[nH]1. The molecular weight excluding hydrogens is 362 g/mol. The van der Waals surface area contributed by atoms with Gasteiger partial charge >= 0.3 is 0 Å². The summed E-state index contributed by atoms with van der Waals surface area (Å²) in [7, 11) is 0. The Morgan fingerprint density at radius 2 is 1.81 bits per heavy atom. The third-order valence-electron chi connectivity index (χ3n) is 4.55. The van der Waals surface area contributed by atoms with E-state index >= 15 is 0 Å². The quantitative estimate of drug-likeness (QED) is 0.478. The summed E-state index contributed by atoms with van der Waals surface area (Å²) in [5.41, 5.74) is 2.83. The smallest absolute Gasteiger partial charge is 0.153 e. The van der Waals surface area contributed by atoms with Crippen LogP contribution in [-0.4, -0.2) is 26.2 Å². The number of hydrogen-bond donors (Lipinski definition) is 4. The Bertz CT molecular complexity index is 918. The van der Waals surface area contributed by atoms with E-state index in [1.54, 1.807) is 12.4 Å². The van der Waals surface area contributed by atoms with Crippen LogP contribution in [0.15, 0.2) is 36.7 Å². The van der Waals surface area contributed by atoms with Gasteiger partial charge in [0.1, 0.15) is 0 Å². The highest BCUT2D eigenvalue weighted by molar-refractivity contribution is 6.33. The van der Waals surface area contributed by atoms with Gasteiger partial charge in [0.05, 0.1) is 23.1 Å². The molecule has 0 unspecified atom stereocenters. The first-order chi connectivity index (χ1) is 13.2. The summed E-state index contributed by atoms with van der Waals surface area (Å²) in [5, 5.41) is 17.7. The number of hydrogen-bond acceptors (Lipinski definition) is 6. The molecule has 1 saturated carbocycles. The van der Waals surface area contributed by atoms with Gasteiger partial charge in [-0.1, -0.05) is 24.4 Å². The van der Waals surface area contributed by atoms with Crippen molar-refractivity contribution in [3.8, 4) is 0 Å². The van der Waals surface area contributed by atoms with Gasteiger partial charge in [-0.15, -0.1) is 0 Å². The zero-order chi connectivity index (χ0) is 18.6. The van der Waals surface area contributed by atoms with Crippen molar-refractivity contribution in [3.63, 3.8) is 0 Å². The minimum absolute atomic E-state index is 0.502. The summed E-state index contributed by atoms with van der Waals surface area (Å²) in [5.74, 6) is 1.96. The molecule has 0 amide bonds. The summed E-state index contributed by atoms with van der Waals surface area (Å²) in [4.78, 5) is 8.78. The predicted molar refractivity (Wildman–Crippen MR) is 109 cm³/mol. The van der Waals surface area contributed by atoms with Crippen molar-refractivity contribution < 1.29 is 0 Å². The summed E-state index contributed by atoms with van der Waals surface area (Å²) in [6, 6.07) is 8.24. The highest BCUT2D eigenvalue weighted by Crippen LogP contribution is 2.30. The van der Waals surface area contributed by atoms with Crippen molar-refractivity contribution in [2.24, 2.45) is 0 Å². The second kappa shape index (κ2) is 7.84. The third-order valence-corrected chi connectivity index (χ3v) is 4.88. The highest BCUT2D eigenvalue weighted by atomic mass is 35.5. The van der Waals surface area contributed by atoms with Crippen LogP contribution in [0.4, 0.5) is 28.8 Å². The molecule has 2 aromatic heterocycles. The van der Waals surface area contributed by atoms with E-state index in [-0.39, 0.29) is 0 Å². The van der Waals surface area contributed by atoms with Gasteiger partial charge in [-0.25, -0.2) is 4.98 Å². The van der Waals surface area contributed by atoms with Crippen molar-refractivity contribution in [1.82, 2.24) is 20.2 Å². The molecule has 140 valence electrons. The van der Waals surface area contributed by atoms with Crippen molar-refractivity contribution in [2.75, 3.05) is 16.0 Å². The van der Waals surface area contributed by atoms with Crippen LogP contribution < -0.4 is 16.0 Å². The first kappa shape index (κ1) is 17.6. The van der Waals surface area contributed by atoms with E-state index in [2.05, 4.69) is 36.1 Å². The fourth-order valence-electron chi connectivity index (χ4n) is 3.25. The maximum atomic E-state index is 6.36. The molecule has 0 radical (unpaired) electrons. The molecule has 0 aliphatic heterocycles. The Balaban J connectivity index is 1.47. The van der Waals surface area contributed by atoms with Gasteiger partial charge in [0, 0.05) is 23.5 Å². The van der Waals surface area contributed by atoms with Gasteiger partial charge in [-0.05, 0) is 38.0 Å². The monoisotopic (exact) mass is 383 g/mol. The molecular formula is C19H22ClN7. The normalized spacial score (nSPS) is 14.3. The summed E-state index contributed by atoms with van der Waals surface area (Å²) < 4.78 is 0. The van der Waals surface area contributed by atoms with E-state index in [9.17, 15) is 0 Å². The molecule has 3 aromatic rings. The number of anilines is 5. The lowest BCUT2D eigenvalue weighted by molar-refractivity contribution is 0.755. The van der Waals surface area contributed by atoms with Crippen LogP contribution in [0.3, 0.4) is 0 Å². The Labute approximate surface area is 163 Å². The number of halogens is 1. The highest BCUT2D eigenvalue weighted by Gasteiger charge is 2.16. The van der Waals surface area contributed by atoms with Gasteiger partial charge in [0.2, 0.25) is 0 Å². The van der Waals surface area contributed by atoms with Crippen LogP contribution in [-0.2, 0) is 0 Å². The second-order valence-corrected chi connectivity index (χ2v) is 7.20. The largest absolute Gasteiger partial charge is 0.381 e. The zero-order valence-corrected chi connectivity index (χ0v) is 15.8. The molecule has 27 heavy (non-hydrogen) atoms. The van der Waals surface area contributed by atoms with Crippen molar-refractivity contribution in [1.29, 1.82) is 0 Å². The average molecular weight is 384 g/mol. The lowest BCUT2D eigenvalue weighted by Crippen LogP contribution is -2.14. The Kier molecular flexibility index (Phi) is 5.11. The molecule has 0 atom stereocenters. The number of H-pyrrole nitrogens is 1. The van der Waals surface area contributed by atoms with Crippen LogP contribution in [0.25, 0.3) is 0 Å². The van der Waals surface area contributed by atoms with Gasteiger partial charge in [-0.2, -0.15) is 5.10 Å². The first-order valence-corrected chi connectivity index (χ1v) is 9.48. The van der Waals surface area contributed by atoms with E-state index in [0.29, 0.717) is 23.5 Å². The predicted octanol–water partition coefficient (Wildman–Crippen LogP) is 5.00. The number of aromatic amines is 1. The fourth-order valence-corrected chi connectivity index (χ4v) is 3.42. The maximum absolute atomic E-state index is 6.36. The molecule has 2 heterocycles. The maximum Gasteiger partial charge on any atom is 0.153 e. The van der Waals surface area contributed by atoms with E-state index < -0.39 is 0 Å². The molecule has 0 spiro atoms. The Morgan fingerprint density at radius 1 is 1.04 bits per heavy atom. The number of nitrogens with one attached hydrogen (secondary N) is 4. The van der Waals surface area contributed by atoms with Gasteiger partial charge in [0.15, 0.2) is 17.5 Å². The molecule has 1 aliphatic rings. The first-order valence-electron chi connectivity index (χ1n) is 9.10. The Hall–Kier alpha value is -2.80. The van der Waals surface area contributed by atoms with Crippen LogP contribution in [0.2, 0.25) is 5.02 Å². The molecule has 7 nitrogen and oxygen atoms in total. The van der Waals surface area contributed by atoms with Gasteiger partial charge < -0.3 is 16.0 Å². The Morgan fingerprint density at radius 3 is 2.56 bits per heavy atom.